The molecule has 0 heterocycles. The minimum Gasteiger partial charge on any atom is -0.351 e. The molecule has 2 rings (SSSR count). The van der Waals surface area contributed by atoms with E-state index in [1.165, 1.54) is 36.0 Å². The van der Waals surface area contributed by atoms with Gasteiger partial charge in [0.1, 0.15) is 5.82 Å². The Morgan fingerprint density at radius 1 is 1.08 bits per heavy atom. The van der Waals surface area contributed by atoms with Crippen LogP contribution in [0.4, 0.5) is 10.1 Å². The predicted octanol–water partition coefficient (Wildman–Crippen LogP) is 3.20. The molecule has 2 amide bonds. The second-order valence-electron chi connectivity index (χ2n) is 5.21. The molecule has 126 valence electrons. The first-order valence-corrected chi connectivity index (χ1v) is 8.58. The van der Waals surface area contributed by atoms with Gasteiger partial charge in [0.2, 0.25) is 11.8 Å². The Morgan fingerprint density at radius 2 is 1.75 bits per heavy atom. The molecule has 1 atom stereocenters. The molecular formula is C18H19FN2O2S. The van der Waals surface area contributed by atoms with Crippen LogP contribution < -0.4 is 10.6 Å². The van der Waals surface area contributed by atoms with Gasteiger partial charge < -0.3 is 10.6 Å². The maximum Gasteiger partial charge on any atom is 0.234 e. The number of hydrogen-bond acceptors (Lipinski definition) is 3. The summed E-state index contributed by atoms with van der Waals surface area (Å²) >= 11 is 1.25. The highest BCUT2D eigenvalue weighted by Crippen LogP contribution is 2.13. The van der Waals surface area contributed by atoms with Gasteiger partial charge in [0.25, 0.3) is 0 Å². The van der Waals surface area contributed by atoms with Crippen LogP contribution >= 0.6 is 11.8 Å². The molecule has 2 N–H and O–H groups in total. The minimum absolute atomic E-state index is 0.113. The van der Waals surface area contributed by atoms with E-state index in [2.05, 4.69) is 10.6 Å². The molecule has 6 heteroatoms. The SMILES string of the molecule is CC(SCC(=O)Nc1ccc(F)cc1)C(=O)NCc1ccccc1. The van der Waals surface area contributed by atoms with Crippen LogP contribution in [0.5, 0.6) is 0 Å². The van der Waals surface area contributed by atoms with E-state index in [1.54, 1.807) is 6.92 Å². The van der Waals surface area contributed by atoms with Crippen molar-refractivity contribution in [3.8, 4) is 0 Å². The van der Waals surface area contributed by atoms with Gasteiger partial charge >= 0.3 is 0 Å². The van der Waals surface area contributed by atoms with Crippen LogP contribution in [0.15, 0.2) is 54.6 Å². The van der Waals surface area contributed by atoms with Crippen molar-refractivity contribution in [2.75, 3.05) is 11.1 Å². The summed E-state index contributed by atoms with van der Waals surface area (Å²) in [6.07, 6.45) is 0. The van der Waals surface area contributed by atoms with Crippen molar-refractivity contribution in [2.24, 2.45) is 0 Å². The molecule has 0 saturated heterocycles. The van der Waals surface area contributed by atoms with Crippen LogP contribution in [0, 0.1) is 5.82 Å². The quantitative estimate of drug-likeness (QED) is 0.809. The van der Waals surface area contributed by atoms with Gasteiger partial charge in [-0.2, -0.15) is 0 Å². The molecule has 4 nitrogen and oxygen atoms in total. The number of anilines is 1. The van der Waals surface area contributed by atoms with Crippen LogP contribution in [0.2, 0.25) is 0 Å². The molecule has 0 radical (unpaired) electrons. The fourth-order valence-corrected chi connectivity index (χ4v) is 2.64. The van der Waals surface area contributed by atoms with Crippen molar-refractivity contribution < 1.29 is 14.0 Å². The molecule has 2 aromatic carbocycles. The number of amides is 2. The smallest absolute Gasteiger partial charge is 0.234 e. The number of nitrogens with one attached hydrogen (secondary N) is 2. The molecule has 24 heavy (non-hydrogen) atoms. The molecule has 0 spiro atoms. The molecule has 1 unspecified atom stereocenters. The van der Waals surface area contributed by atoms with E-state index in [4.69, 9.17) is 0 Å². The summed E-state index contributed by atoms with van der Waals surface area (Å²) in [6, 6.07) is 15.2. The first-order chi connectivity index (χ1) is 11.5. The summed E-state index contributed by atoms with van der Waals surface area (Å²) in [4.78, 5) is 23.9. The highest BCUT2D eigenvalue weighted by molar-refractivity contribution is 8.01. The Balaban J connectivity index is 1.71. The number of rotatable bonds is 7. The van der Waals surface area contributed by atoms with Crippen molar-refractivity contribution in [3.63, 3.8) is 0 Å². The topological polar surface area (TPSA) is 58.2 Å². The third-order valence-electron chi connectivity index (χ3n) is 3.27. The Hall–Kier alpha value is -2.34. The zero-order chi connectivity index (χ0) is 17.4. The maximum atomic E-state index is 12.8. The molecule has 2 aromatic rings. The average Bonchev–Trinajstić information content (AvgIpc) is 2.60. The highest BCUT2D eigenvalue weighted by Gasteiger charge is 2.15. The lowest BCUT2D eigenvalue weighted by atomic mass is 10.2. The molecule has 0 aliphatic heterocycles. The first-order valence-electron chi connectivity index (χ1n) is 7.53. The lowest BCUT2D eigenvalue weighted by molar-refractivity contribution is -0.120. The van der Waals surface area contributed by atoms with E-state index in [1.807, 2.05) is 30.3 Å². The van der Waals surface area contributed by atoms with Gasteiger partial charge in [-0.15, -0.1) is 11.8 Å². The van der Waals surface area contributed by atoms with Crippen molar-refractivity contribution in [3.05, 3.63) is 66.0 Å². The van der Waals surface area contributed by atoms with E-state index in [-0.39, 0.29) is 28.6 Å². The molecule has 0 aliphatic carbocycles. The second-order valence-corrected chi connectivity index (χ2v) is 6.54. The summed E-state index contributed by atoms with van der Waals surface area (Å²) < 4.78 is 12.8. The fourth-order valence-electron chi connectivity index (χ4n) is 1.94. The van der Waals surface area contributed by atoms with Crippen LogP contribution in [0.1, 0.15) is 12.5 Å². The predicted molar refractivity (Wildman–Crippen MR) is 95.2 cm³/mol. The lowest BCUT2D eigenvalue weighted by Gasteiger charge is -2.12. The van der Waals surface area contributed by atoms with E-state index in [0.717, 1.165) is 5.56 Å². The Morgan fingerprint density at radius 3 is 2.42 bits per heavy atom. The largest absolute Gasteiger partial charge is 0.351 e. The number of carbonyl (C=O) groups is 2. The van der Waals surface area contributed by atoms with Gasteiger partial charge in [0.05, 0.1) is 11.0 Å². The van der Waals surface area contributed by atoms with Gasteiger partial charge in [-0.1, -0.05) is 30.3 Å². The summed E-state index contributed by atoms with van der Waals surface area (Å²) in [7, 11) is 0. The Bertz CT molecular complexity index is 677. The van der Waals surface area contributed by atoms with Crippen LogP contribution in [-0.2, 0) is 16.1 Å². The number of halogens is 1. The molecule has 0 bridgehead atoms. The zero-order valence-electron chi connectivity index (χ0n) is 13.3. The third kappa shape index (κ3) is 6.04. The van der Waals surface area contributed by atoms with Gasteiger partial charge in [0, 0.05) is 12.2 Å². The van der Waals surface area contributed by atoms with Crippen molar-refractivity contribution in [2.45, 2.75) is 18.7 Å². The van der Waals surface area contributed by atoms with E-state index in [9.17, 15) is 14.0 Å². The van der Waals surface area contributed by atoms with Gasteiger partial charge in [-0.05, 0) is 36.8 Å². The third-order valence-corrected chi connectivity index (χ3v) is 4.41. The first kappa shape index (κ1) is 18.0. The lowest BCUT2D eigenvalue weighted by Crippen LogP contribution is -2.31. The molecule has 0 fully saturated rings. The van der Waals surface area contributed by atoms with Crippen LogP contribution in [-0.4, -0.2) is 22.8 Å². The highest BCUT2D eigenvalue weighted by atomic mass is 32.2. The molecule has 0 aromatic heterocycles. The van der Waals surface area contributed by atoms with E-state index >= 15 is 0 Å². The van der Waals surface area contributed by atoms with Crippen LogP contribution in [0.25, 0.3) is 0 Å². The Kier molecular flexibility index (Phi) is 6.81. The van der Waals surface area contributed by atoms with Crippen LogP contribution in [0.3, 0.4) is 0 Å². The van der Waals surface area contributed by atoms with E-state index < -0.39 is 0 Å². The van der Waals surface area contributed by atoms with Crippen molar-refractivity contribution in [1.29, 1.82) is 0 Å². The number of carbonyl (C=O) groups excluding carboxylic acids is 2. The van der Waals surface area contributed by atoms with Gasteiger partial charge in [-0.3, -0.25) is 9.59 Å². The van der Waals surface area contributed by atoms with Crippen molar-refractivity contribution >= 4 is 29.3 Å². The average molecular weight is 346 g/mol. The Labute approximate surface area is 144 Å². The maximum absolute atomic E-state index is 12.8. The summed E-state index contributed by atoms with van der Waals surface area (Å²) in [5.41, 5.74) is 1.56. The number of benzene rings is 2. The minimum atomic E-state index is -0.355. The normalized spacial score (nSPS) is 11.6. The second kappa shape index (κ2) is 9.08. The van der Waals surface area contributed by atoms with Gasteiger partial charge in [-0.25, -0.2) is 4.39 Å². The fraction of sp³-hybridized carbons (Fsp3) is 0.222. The molecular weight excluding hydrogens is 327 g/mol. The summed E-state index contributed by atoms with van der Waals surface area (Å²) in [5.74, 6) is -0.545. The molecule has 0 saturated carbocycles. The number of thioether (sulfide) groups is 1. The zero-order valence-corrected chi connectivity index (χ0v) is 14.1. The summed E-state index contributed by atoms with van der Waals surface area (Å²) in [6.45, 7) is 2.22. The summed E-state index contributed by atoms with van der Waals surface area (Å²) in [5, 5.41) is 5.17. The standard InChI is InChI=1S/C18H19FN2O2S/c1-13(18(23)20-11-14-5-3-2-4-6-14)24-12-17(22)21-16-9-7-15(19)8-10-16/h2-10,13H,11-12H2,1H3,(H,20,23)(H,21,22). The molecule has 0 aliphatic rings. The number of hydrogen-bond donors (Lipinski definition) is 2. The van der Waals surface area contributed by atoms with Gasteiger partial charge in [0.15, 0.2) is 0 Å². The monoisotopic (exact) mass is 346 g/mol. The van der Waals surface area contributed by atoms with E-state index in [0.29, 0.717) is 12.2 Å². The van der Waals surface area contributed by atoms with Crippen molar-refractivity contribution in [1.82, 2.24) is 5.32 Å².